The fourth-order valence-electron chi connectivity index (χ4n) is 2.34. The van der Waals surface area contributed by atoms with Gasteiger partial charge in [0, 0.05) is 11.5 Å². The van der Waals surface area contributed by atoms with Gasteiger partial charge in [-0.3, -0.25) is 4.79 Å². The van der Waals surface area contributed by atoms with Crippen molar-refractivity contribution in [2.75, 3.05) is 0 Å². The van der Waals surface area contributed by atoms with Crippen LogP contribution in [0.3, 0.4) is 0 Å². The van der Waals surface area contributed by atoms with Crippen LogP contribution in [-0.2, 0) is 14.3 Å². The summed E-state index contributed by atoms with van der Waals surface area (Å²) in [6.07, 6.45) is 0.619. The summed E-state index contributed by atoms with van der Waals surface area (Å²) >= 11 is 0. The van der Waals surface area contributed by atoms with Crippen LogP contribution in [0.2, 0.25) is 0 Å². The molecule has 0 aromatic rings. The molecule has 0 radical (unpaired) electrons. The Balaban J connectivity index is 2.64. The van der Waals surface area contributed by atoms with Gasteiger partial charge in [-0.05, 0) is 53.9 Å². The molecule has 1 heterocycles. The summed E-state index contributed by atoms with van der Waals surface area (Å²) in [6.45, 7) is 8.93. The fourth-order valence-corrected chi connectivity index (χ4v) is 2.34. The van der Waals surface area contributed by atoms with E-state index in [1.165, 1.54) is 0 Å². The van der Waals surface area contributed by atoms with Gasteiger partial charge < -0.3 is 20.5 Å². The van der Waals surface area contributed by atoms with Gasteiger partial charge in [0.25, 0.3) is 0 Å². The van der Waals surface area contributed by atoms with E-state index in [9.17, 15) is 19.5 Å². The Morgan fingerprint density at radius 3 is 2.50 bits per heavy atom. The lowest BCUT2D eigenvalue weighted by Gasteiger charge is -2.36. The average Bonchev–Trinajstić information content (AvgIpc) is 2.28. The van der Waals surface area contributed by atoms with E-state index in [1.54, 1.807) is 20.8 Å². The van der Waals surface area contributed by atoms with Gasteiger partial charge in [0.1, 0.15) is 11.6 Å². The molecule has 0 aromatic carbocycles. The van der Waals surface area contributed by atoms with E-state index in [2.05, 4.69) is 10.6 Å². The Hall–Kier alpha value is -1.79. The number of nitrogens with one attached hydrogen (secondary N) is 2. The second kappa shape index (κ2) is 6.54. The number of amides is 2. The van der Waals surface area contributed by atoms with Crippen LogP contribution in [0.4, 0.5) is 4.79 Å². The molecule has 126 valence electrons. The molecule has 0 saturated carbocycles. The van der Waals surface area contributed by atoms with E-state index in [0.717, 1.165) is 6.42 Å². The van der Waals surface area contributed by atoms with Crippen molar-refractivity contribution in [2.24, 2.45) is 5.92 Å². The maximum atomic E-state index is 12.0. The number of carboxylic acid groups (broad SMARTS) is 1. The van der Waals surface area contributed by atoms with E-state index in [4.69, 9.17) is 4.74 Å². The number of alkyl carbamates (subject to hydrolysis) is 1. The van der Waals surface area contributed by atoms with Crippen molar-refractivity contribution in [1.29, 1.82) is 0 Å². The largest absolute Gasteiger partial charge is 0.480 e. The van der Waals surface area contributed by atoms with Crippen LogP contribution >= 0.6 is 0 Å². The zero-order valence-corrected chi connectivity index (χ0v) is 13.9. The summed E-state index contributed by atoms with van der Waals surface area (Å²) in [5, 5.41) is 14.4. The number of piperidine rings is 1. The molecular weight excluding hydrogens is 288 g/mol. The highest BCUT2D eigenvalue weighted by molar-refractivity contribution is 5.83. The molecule has 22 heavy (non-hydrogen) atoms. The first kappa shape index (κ1) is 18.3. The van der Waals surface area contributed by atoms with Crippen molar-refractivity contribution in [3.05, 3.63) is 0 Å². The van der Waals surface area contributed by atoms with Gasteiger partial charge in [0.05, 0.1) is 0 Å². The minimum absolute atomic E-state index is 0.0521. The monoisotopic (exact) mass is 314 g/mol. The van der Waals surface area contributed by atoms with Gasteiger partial charge in [-0.1, -0.05) is 0 Å². The summed E-state index contributed by atoms with van der Waals surface area (Å²) in [5.74, 6) is -1.78. The molecule has 1 unspecified atom stereocenters. The third-order valence-corrected chi connectivity index (χ3v) is 3.46. The molecule has 0 spiro atoms. The van der Waals surface area contributed by atoms with Crippen molar-refractivity contribution < 1.29 is 24.2 Å². The maximum Gasteiger partial charge on any atom is 0.408 e. The topological polar surface area (TPSA) is 105 Å². The molecule has 1 rings (SSSR count). The third kappa shape index (κ3) is 5.91. The lowest BCUT2D eigenvalue weighted by atomic mass is 9.83. The summed E-state index contributed by atoms with van der Waals surface area (Å²) in [5.41, 5.74) is -0.982. The number of rotatable bonds is 4. The van der Waals surface area contributed by atoms with Gasteiger partial charge in [0.15, 0.2) is 0 Å². The highest BCUT2D eigenvalue weighted by atomic mass is 16.6. The van der Waals surface area contributed by atoms with Crippen molar-refractivity contribution in [2.45, 2.75) is 71.1 Å². The zero-order valence-electron chi connectivity index (χ0n) is 13.9. The van der Waals surface area contributed by atoms with Crippen molar-refractivity contribution in [1.82, 2.24) is 10.6 Å². The third-order valence-electron chi connectivity index (χ3n) is 3.46. The number of hydrogen-bond acceptors (Lipinski definition) is 4. The Morgan fingerprint density at radius 2 is 2.05 bits per heavy atom. The van der Waals surface area contributed by atoms with E-state index < -0.39 is 29.6 Å². The molecule has 3 N–H and O–H groups in total. The van der Waals surface area contributed by atoms with Gasteiger partial charge in [-0.2, -0.15) is 0 Å². The SMILES string of the molecule is CC1(C)CCC(C[C@H](NC(=O)OC(C)(C)C)C(=O)O)C(=O)N1. The molecule has 0 bridgehead atoms. The van der Waals surface area contributed by atoms with Crippen molar-refractivity contribution in [3.8, 4) is 0 Å². The highest BCUT2D eigenvalue weighted by Crippen LogP contribution is 2.26. The number of hydrogen-bond donors (Lipinski definition) is 3. The normalized spacial score (nSPS) is 22.4. The van der Waals surface area contributed by atoms with Crippen LogP contribution in [-0.4, -0.2) is 40.3 Å². The van der Waals surface area contributed by atoms with Gasteiger partial charge in [0.2, 0.25) is 5.91 Å². The molecule has 1 aliphatic rings. The predicted molar refractivity (Wildman–Crippen MR) is 80.4 cm³/mol. The minimum atomic E-state index is -1.18. The van der Waals surface area contributed by atoms with E-state index in [-0.39, 0.29) is 17.9 Å². The minimum Gasteiger partial charge on any atom is -0.480 e. The van der Waals surface area contributed by atoms with E-state index >= 15 is 0 Å². The average molecular weight is 314 g/mol. The summed E-state index contributed by atoms with van der Waals surface area (Å²) in [7, 11) is 0. The molecular formula is C15H26N2O5. The zero-order chi connectivity index (χ0) is 17.1. The Labute approximate surface area is 130 Å². The fraction of sp³-hybridized carbons (Fsp3) is 0.800. The molecule has 7 heteroatoms. The maximum absolute atomic E-state index is 12.0. The predicted octanol–water partition coefficient (Wildman–Crippen LogP) is 1.66. The number of carboxylic acids is 1. The van der Waals surface area contributed by atoms with E-state index in [0.29, 0.717) is 6.42 Å². The molecule has 1 aliphatic heterocycles. The number of aliphatic carboxylic acids is 1. The standard InChI is InChI=1S/C15H26N2O5/c1-14(2,3)22-13(21)16-10(12(19)20)8-9-6-7-15(4,5)17-11(9)18/h9-10H,6-8H2,1-5H3,(H,16,21)(H,17,18)(H,19,20)/t9?,10-/m0/s1. The van der Waals surface area contributed by atoms with Crippen LogP contribution in [0.15, 0.2) is 0 Å². The highest BCUT2D eigenvalue weighted by Gasteiger charge is 2.36. The summed E-state index contributed by atoms with van der Waals surface area (Å²) < 4.78 is 5.05. The lowest BCUT2D eigenvalue weighted by molar-refractivity contribution is -0.140. The molecule has 1 saturated heterocycles. The second-order valence-corrected chi connectivity index (χ2v) is 7.38. The smallest absolute Gasteiger partial charge is 0.408 e. The first-order valence-electron chi connectivity index (χ1n) is 7.44. The Kier molecular flexibility index (Phi) is 5.43. The molecule has 0 aromatic heterocycles. The quantitative estimate of drug-likeness (QED) is 0.732. The van der Waals surface area contributed by atoms with Gasteiger partial charge >= 0.3 is 12.1 Å². The molecule has 2 amide bonds. The van der Waals surface area contributed by atoms with Gasteiger partial charge in [-0.15, -0.1) is 0 Å². The van der Waals surface area contributed by atoms with Crippen LogP contribution in [0, 0.1) is 5.92 Å². The first-order chi connectivity index (χ1) is 9.89. The number of ether oxygens (including phenoxy) is 1. The van der Waals surface area contributed by atoms with Crippen LogP contribution in [0.5, 0.6) is 0 Å². The van der Waals surface area contributed by atoms with Crippen LogP contribution in [0.1, 0.15) is 53.9 Å². The van der Waals surface area contributed by atoms with Crippen LogP contribution in [0.25, 0.3) is 0 Å². The first-order valence-corrected chi connectivity index (χ1v) is 7.44. The van der Waals surface area contributed by atoms with Crippen LogP contribution < -0.4 is 10.6 Å². The molecule has 7 nitrogen and oxygen atoms in total. The van der Waals surface area contributed by atoms with E-state index in [1.807, 2.05) is 13.8 Å². The molecule has 2 atom stereocenters. The number of carbonyl (C=O) groups is 3. The molecule has 1 fully saturated rings. The summed E-state index contributed by atoms with van der Waals surface area (Å²) in [4.78, 5) is 35.0. The second-order valence-electron chi connectivity index (χ2n) is 7.38. The van der Waals surface area contributed by atoms with Gasteiger partial charge in [-0.25, -0.2) is 9.59 Å². The van der Waals surface area contributed by atoms with Crippen molar-refractivity contribution in [3.63, 3.8) is 0 Å². The Morgan fingerprint density at radius 1 is 1.45 bits per heavy atom. The number of carbonyl (C=O) groups excluding carboxylic acids is 2. The molecule has 0 aliphatic carbocycles. The van der Waals surface area contributed by atoms with Crippen molar-refractivity contribution >= 4 is 18.0 Å². The Bertz CT molecular complexity index is 453. The lowest BCUT2D eigenvalue weighted by Crippen LogP contribution is -2.53. The summed E-state index contributed by atoms with van der Waals surface area (Å²) in [6, 6.07) is -1.15.